The quantitative estimate of drug-likeness (QED) is 0.477. The third-order valence-electron chi connectivity index (χ3n) is 2.94. The van der Waals surface area contributed by atoms with Crippen LogP contribution in [0.15, 0.2) is 29.4 Å². The van der Waals surface area contributed by atoms with Gasteiger partial charge in [0.15, 0.2) is 0 Å². The molecule has 0 radical (unpaired) electrons. The van der Waals surface area contributed by atoms with Crippen LogP contribution in [0.1, 0.15) is 39.2 Å². The van der Waals surface area contributed by atoms with E-state index in [0.29, 0.717) is 18.1 Å². The van der Waals surface area contributed by atoms with Crippen LogP contribution in [-0.2, 0) is 4.79 Å². The van der Waals surface area contributed by atoms with Gasteiger partial charge in [0.2, 0.25) is 5.91 Å². The van der Waals surface area contributed by atoms with Gasteiger partial charge in [-0.3, -0.25) is 4.79 Å². The third-order valence-corrected chi connectivity index (χ3v) is 2.94. The predicted molar refractivity (Wildman–Crippen MR) is 73.1 cm³/mol. The highest BCUT2D eigenvalue weighted by molar-refractivity contribution is 6.00. The molecule has 0 spiro atoms. The molecule has 1 rings (SSSR count). The monoisotopic (exact) mass is 248 g/mol. The minimum absolute atomic E-state index is 0.0140. The van der Waals surface area contributed by atoms with E-state index in [0.717, 1.165) is 17.7 Å². The Kier molecular flexibility index (Phi) is 5.36. The minimum Gasteiger partial charge on any atom is -0.411 e. The Bertz CT molecular complexity index is 441. The van der Waals surface area contributed by atoms with Crippen LogP contribution in [0.5, 0.6) is 0 Å². The van der Waals surface area contributed by atoms with Gasteiger partial charge < -0.3 is 10.5 Å². The van der Waals surface area contributed by atoms with E-state index in [9.17, 15) is 4.79 Å². The number of amides is 1. The second-order valence-corrected chi connectivity index (χ2v) is 4.53. The van der Waals surface area contributed by atoms with E-state index in [1.54, 1.807) is 13.0 Å². The normalized spacial score (nSPS) is 13.2. The van der Waals surface area contributed by atoms with Crippen molar-refractivity contribution in [3.8, 4) is 0 Å². The van der Waals surface area contributed by atoms with Crippen LogP contribution in [0.2, 0.25) is 0 Å². The average Bonchev–Trinajstić information content (AvgIpc) is 2.37. The van der Waals surface area contributed by atoms with Crippen molar-refractivity contribution in [1.82, 2.24) is 0 Å². The summed E-state index contributed by atoms with van der Waals surface area (Å²) in [5.41, 5.74) is 2.04. The lowest BCUT2D eigenvalue weighted by atomic mass is 10.0. The van der Waals surface area contributed by atoms with Gasteiger partial charge in [-0.2, -0.15) is 0 Å². The van der Waals surface area contributed by atoms with Crippen molar-refractivity contribution in [2.45, 2.75) is 33.6 Å². The Morgan fingerprint density at radius 1 is 1.50 bits per heavy atom. The molecule has 0 bridgehead atoms. The molecule has 0 saturated carbocycles. The zero-order valence-corrected chi connectivity index (χ0v) is 11.1. The van der Waals surface area contributed by atoms with Crippen molar-refractivity contribution < 1.29 is 10.0 Å². The van der Waals surface area contributed by atoms with Crippen LogP contribution in [-0.4, -0.2) is 16.8 Å². The van der Waals surface area contributed by atoms with Crippen molar-refractivity contribution in [1.29, 1.82) is 0 Å². The maximum Gasteiger partial charge on any atom is 0.224 e. The first-order chi connectivity index (χ1) is 8.56. The summed E-state index contributed by atoms with van der Waals surface area (Å²) < 4.78 is 0. The molecule has 98 valence electrons. The highest BCUT2D eigenvalue weighted by atomic mass is 16.4. The van der Waals surface area contributed by atoms with E-state index in [4.69, 9.17) is 5.21 Å². The van der Waals surface area contributed by atoms with Gasteiger partial charge >= 0.3 is 0 Å². The molecular weight excluding hydrogens is 228 g/mol. The number of benzene rings is 1. The molecule has 0 aliphatic carbocycles. The number of anilines is 1. The van der Waals surface area contributed by atoms with Gasteiger partial charge in [0, 0.05) is 17.7 Å². The molecule has 1 aromatic rings. The van der Waals surface area contributed by atoms with Gasteiger partial charge in [0.1, 0.15) is 0 Å². The molecule has 18 heavy (non-hydrogen) atoms. The Hall–Kier alpha value is -1.84. The molecular formula is C14H20N2O2. The second kappa shape index (κ2) is 6.79. The van der Waals surface area contributed by atoms with Crippen LogP contribution in [0.3, 0.4) is 0 Å². The molecule has 1 atom stereocenters. The Morgan fingerprint density at radius 3 is 2.83 bits per heavy atom. The largest absolute Gasteiger partial charge is 0.411 e. The highest BCUT2D eigenvalue weighted by Crippen LogP contribution is 2.14. The number of hydrogen-bond donors (Lipinski definition) is 2. The van der Waals surface area contributed by atoms with Crippen LogP contribution in [0, 0.1) is 5.92 Å². The molecule has 1 unspecified atom stereocenters. The number of rotatable bonds is 5. The maximum atomic E-state index is 11.7. The molecule has 2 N–H and O–H groups in total. The summed E-state index contributed by atoms with van der Waals surface area (Å²) >= 11 is 0. The zero-order chi connectivity index (χ0) is 13.5. The summed E-state index contributed by atoms with van der Waals surface area (Å²) in [7, 11) is 0. The molecule has 0 aliphatic rings. The van der Waals surface area contributed by atoms with Crippen molar-refractivity contribution in [3.63, 3.8) is 0 Å². The van der Waals surface area contributed by atoms with Gasteiger partial charge in [-0.15, -0.1) is 0 Å². The van der Waals surface area contributed by atoms with Gasteiger partial charge in [0.05, 0.1) is 5.71 Å². The van der Waals surface area contributed by atoms with E-state index >= 15 is 0 Å². The lowest BCUT2D eigenvalue weighted by Gasteiger charge is -2.10. The zero-order valence-electron chi connectivity index (χ0n) is 11.1. The van der Waals surface area contributed by atoms with Crippen LogP contribution < -0.4 is 5.32 Å². The molecule has 1 aromatic carbocycles. The van der Waals surface area contributed by atoms with Gasteiger partial charge in [-0.25, -0.2) is 0 Å². The van der Waals surface area contributed by atoms with Gasteiger partial charge in [-0.05, 0) is 25.0 Å². The van der Waals surface area contributed by atoms with Gasteiger partial charge in [-0.1, -0.05) is 37.6 Å². The van der Waals surface area contributed by atoms with Gasteiger partial charge in [0.25, 0.3) is 0 Å². The smallest absolute Gasteiger partial charge is 0.224 e. The number of carbonyl (C=O) groups excluding carboxylic acids is 1. The Labute approximate surface area is 108 Å². The number of nitrogens with zero attached hydrogens (tertiary/aromatic N) is 1. The molecule has 0 saturated heterocycles. The molecule has 1 amide bonds. The SMILES string of the molecule is CCC(C)CC(=O)Nc1cccc(/C(C)=N/O)c1. The highest BCUT2D eigenvalue weighted by Gasteiger charge is 2.08. The van der Waals surface area contributed by atoms with Crippen molar-refractivity contribution >= 4 is 17.3 Å². The van der Waals surface area contributed by atoms with E-state index in [1.807, 2.05) is 18.2 Å². The minimum atomic E-state index is 0.0140. The van der Waals surface area contributed by atoms with Crippen LogP contribution in [0.4, 0.5) is 5.69 Å². The lowest BCUT2D eigenvalue weighted by molar-refractivity contribution is -0.117. The van der Waals surface area contributed by atoms with Crippen molar-refractivity contribution in [2.24, 2.45) is 11.1 Å². The van der Waals surface area contributed by atoms with E-state index in [2.05, 4.69) is 24.3 Å². The van der Waals surface area contributed by atoms with Crippen LogP contribution >= 0.6 is 0 Å². The summed E-state index contributed by atoms with van der Waals surface area (Å²) in [6, 6.07) is 7.27. The molecule has 4 heteroatoms. The summed E-state index contributed by atoms with van der Waals surface area (Å²) in [6.07, 6.45) is 1.51. The standard InChI is InChI=1S/C14H20N2O2/c1-4-10(2)8-14(17)15-13-7-5-6-12(9-13)11(3)16-18/h5-7,9-10,18H,4,8H2,1-3H3,(H,15,17)/b16-11+. The lowest BCUT2D eigenvalue weighted by Crippen LogP contribution is -2.15. The van der Waals surface area contributed by atoms with Crippen molar-refractivity contribution in [3.05, 3.63) is 29.8 Å². The summed E-state index contributed by atoms with van der Waals surface area (Å²) in [4.78, 5) is 11.7. The van der Waals surface area contributed by atoms with Crippen LogP contribution in [0.25, 0.3) is 0 Å². The average molecular weight is 248 g/mol. The first-order valence-corrected chi connectivity index (χ1v) is 6.15. The molecule has 0 heterocycles. The van der Waals surface area contributed by atoms with E-state index in [1.165, 1.54) is 0 Å². The fourth-order valence-corrected chi connectivity index (χ4v) is 1.55. The number of hydrogen-bond acceptors (Lipinski definition) is 3. The Morgan fingerprint density at radius 2 is 2.22 bits per heavy atom. The number of carbonyl (C=O) groups is 1. The topological polar surface area (TPSA) is 61.7 Å². The molecule has 0 aromatic heterocycles. The fraction of sp³-hybridized carbons (Fsp3) is 0.429. The first kappa shape index (κ1) is 14.2. The second-order valence-electron chi connectivity index (χ2n) is 4.53. The number of nitrogens with one attached hydrogen (secondary N) is 1. The Balaban J connectivity index is 2.71. The third kappa shape index (κ3) is 4.20. The molecule has 4 nitrogen and oxygen atoms in total. The summed E-state index contributed by atoms with van der Waals surface area (Å²) in [6.45, 7) is 5.83. The maximum absolute atomic E-state index is 11.7. The summed E-state index contributed by atoms with van der Waals surface area (Å²) in [5, 5.41) is 14.7. The van der Waals surface area contributed by atoms with E-state index < -0.39 is 0 Å². The van der Waals surface area contributed by atoms with E-state index in [-0.39, 0.29) is 5.91 Å². The van der Waals surface area contributed by atoms with Crippen molar-refractivity contribution in [2.75, 3.05) is 5.32 Å². The summed E-state index contributed by atoms with van der Waals surface area (Å²) in [5.74, 6) is 0.397. The fourth-order valence-electron chi connectivity index (χ4n) is 1.55. The molecule has 0 aliphatic heterocycles. The molecule has 0 fully saturated rings. The predicted octanol–water partition coefficient (Wildman–Crippen LogP) is 3.26. The number of oxime groups is 1. The first-order valence-electron chi connectivity index (χ1n) is 6.15.